The molecular weight excluding hydrogens is 486 g/mol. The van der Waals surface area contributed by atoms with Gasteiger partial charge in [-0.05, 0) is 34.5 Å². The molecule has 0 unspecified atom stereocenters. The van der Waals surface area contributed by atoms with Crippen LogP contribution in [0.25, 0.3) is 16.8 Å². The fourth-order valence-electron chi connectivity index (χ4n) is 3.93. The van der Waals surface area contributed by atoms with Gasteiger partial charge in [-0.15, -0.1) is 0 Å². The monoisotopic (exact) mass is 509 g/mol. The second kappa shape index (κ2) is 11.6. The minimum atomic E-state index is -0.769. The van der Waals surface area contributed by atoms with Gasteiger partial charge in [0.05, 0.1) is 24.8 Å². The lowest BCUT2D eigenvalue weighted by molar-refractivity contribution is -0.384. The third-order valence-corrected chi connectivity index (χ3v) is 5.79. The molecule has 9 heteroatoms. The van der Waals surface area contributed by atoms with E-state index in [9.17, 15) is 20.2 Å². The maximum Gasteiger partial charge on any atom is 0.271 e. The molecule has 190 valence electrons. The minimum absolute atomic E-state index is 0.0610. The number of carbonyl (C=O) groups is 1. The van der Waals surface area contributed by atoms with Crippen LogP contribution in [0.5, 0.6) is 17.2 Å². The molecule has 4 aromatic carbocycles. The summed E-state index contributed by atoms with van der Waals surface area (Å²) in [6.45, 7) is 0.224. The number of fused-ring (bicyclic) bond motifs is 1. The van der Waals surface area contributed by atoms with E-state index in [4.69, 9.17) is 14.2 Å². The number of hydrogen-bond donors (Lipinski definition) is 1. The smallest absolute Gasteiger partial charge is 0.271 e. The summed E-state index contributed by atoms with van der Waals surface area (Å²) in [4.78, 5) is 23.6. The minimum Gasteiger partial charge on any atom is -0.495 e. The molecule has 38 heavy (non-hydrogen) atoms. The van der Waals surface area contributed by atoms with Crippen molar-refractivity contribution in [3.8, 4) is 23.3 Å². The molecule has 0 aliphatic rings. The van der Waals surface area contributed by atoms with Gasteiger partial charge in [0, 0.05) is 17.7 Å². The topological polar surface area (TPSA) is 124 Å². The second-order valence-electron chi connectivity index (χ2n) is 8.07. The van der Waals surface area contributed by atoms with Crippen LogP contribution < -0.4 is 19.5 Å². The maximum atomic E-state index is 13.0. The van der Waals surface area contributed by atoms with Gasteiger partial charge in [-0.25, -0.2) is 0 Å². The number of nitriles is 1. The lowest BCUT2D eigenvalue weighted by Gasteiger charge is -2.15. The van der Waals surface area contributed by atoms with E-state index in [0.29, 0.717) is 17.1 Å². The van der Waals surface area contributed by atoms with E-state index in [1.165, 1.54) is 32.4 Å². The van der Waals surface area contributed by atoms with E-state index in [1.807, 2.05) is 48.5 Å². The Kier molecular flexibility index (Phi) is 7.84. The van der Waals surface area contributed by atoms with Crippen LogP contribution in [-0.4, -0.2) is 25.1 Å². The number of rotatable bonds is 9. The molecule has 0 bridgehead atoms. The SMILES string of the molecule is COc1ccc([N+](=O)[O-])cc1NC(=O)/C(C#N)=C/c1cccc(OC)c1OCc1cccc2ccccc12. The van der Waals surface area contributed by atoms with Gasteiger partial charge < -0.3 is 19.5 Å². The number of ether oxygens (including phenoxy) is 3. The third-order valence-electron chi connectivity index (χ3n) is 5.79. The number of anilines is 1. The quantitative estimate of drug-likeness (QED) is 0.129. The molecule has 0 saturated heterocycles. The maximum absolute atomic E-state index is 13.0. The summed E-state index contributed by atoms with van der Waals surface area (Å²) in [5, 5.41) is 25.6. The zero-order valence-electron chi connectivity index (χ0n) is 20.6. The van der Waals surface area contributed by atoms with Crippen LogP contribution in [0.3, 0.4) is 0 Å². The second-order valence-corrected chi connectivity index (χ2v) is 8.07. The van der Waals surface area contributed by atoms with Gasteiger partial charge >= 0.3 is 0 Å². The zero-order valence-corrected chi connectivity index (χ0v) is 20.6. The summed E-state index contributed by atoms with van der Waals surface area (Å²) < 4.78 is 16.8. The molecular formula is C29H23N3O6. The van der Waals surface area contributed by atoms with Gasteiger partial charge in [0.1, 0.15) is 24.0 Å². The predicted molar refractivity (Wildman–Crippen MR) is 143 cm³/mol. The fourth-order valence-corrected chi connectivity index (χ4v) is 3.93. The molecule has 0 fully saturated rings. The normalized spacial score (nSPS) is 10.9. The highest BCUT2D eigenvalue weighted by Crippen LogP contribution is 2.34. The summed E-state index contributed by atoms with van der Waals surface area (Å²) in [5.41, 5.74) is 0.982. The van der Waals surface area contributed by atoms with Crippen molar-refractivity contribution < 1.29 is 23.9 Å². The zero-order chi connectivity index (χ0) is 27.1. The van der Waals surface area contributed by atoms with E-state index in [2.05, 4.69) is 5.32 Å². The summed E-state index contributed by atoms with van der Waals surface area (Å²) in [6.07, 6.45) is 1.38. The Balaban J connectivity index is 1.65. The van der Waals surface area contributed by atoms with Crippen LogP contribution in [0, 0.1) is 21.4 Å². The number of methoxy groups -OCH3 is 2. The average molecular weight is 510 g/mol. The van der Waals surface area contributed by atoms with Gasteiger partial charge in [-0.1, -0.05) is 54.6 Å². The van der Waals surface area contributed by atoms with Crippen LogP contribution in [0.4, 0.5) is 11.4 Å². The van der Waals surface area contributed by atoms with Crippen molar-refractivity contribution in [1.29, 1.82) is 5.26 Å². The van der Waals surface area contributed by atoms with Crippen molar-refractivity contribution in [3.05, 3.63) is 106 Å². The van der Waals surface area contributed by atoms with Gasteiger partial charge in [0.2, 0.25) is 0 Å². The van der Waals surface area contributed by atoms with Crippen LogP contribution in [0.15, 0.2) is 84.4 Å². The molecule has 4 rings (SSSR count). The van der Waals surface area contributed by atoms with Crippen molar-refractivity contribution in [2.24, 2.45) is 0 Å². The number of carbonyl (C=O) groups excluding carboxylic acids is 1. The number of non-ortho nitro benzene ring substituents is 1. The number of para-hydroxylation sites is 1. The lowest BCUT2D eigenvalue weighted by atomic mass is 10.1. The van der Waals surface area contributed by atoms with Crippen LogP contribution in [-0.2, 0) is 11.4 Å². The molecule has 0 spiro atoms. The van der Waals surface area contributed by atoms with Crippen molar-refractivity contribution in [2.45, 2.75) is 6.61 Å². The standard InChI is InChI=1S/C29H23N3O6/c1-36-26-14-13-23(32(34)35)16-25(26)31-29(33)22(17-30)15-20-9-6-12-27(37-2)28(20)38-18-21-10-5-8-19-7-3-4-11-24(19)21/h3-16H,18H2,1-2H3,(H,31,33)/b22-15+. The number of nitro benzene ring substituents is 1. The molecule has 0 aliphatic carbocycles. The highest BCUT2D eigenvalue weighted by atomic mass is 16.6. The molecule has 9 nitrogen and oxygen atoms in total. The van der Waals surface area contributed by atoms with Crippen LogP contribution in [0.1, 0.15) is 11.1 Å². The largest absolute Gasteiger partial charge is 0.495 e. The first-order valence-electron chi connectivity index (χ1n) is 11.5. The molecule has 0 aromatic heterocycles. The van der Waals surface area contributed by atoms with E-state index in [-0.39, 0.29) is 29.3 Å². The number of hydrogen-bond acceptors (Lipinski definition) is 7. The molecule has 0 aliphatic heterocycles. The number of benzene rings is 4. The Hall–Kier alpha value is -5.36. The van der Waals surface area contributed by atoms with Crippen molar-refractivity contribution in [1.82, 2.24) is 0 Å². The summed E-state index contributed by atoms with van der Waals surface area (Å²) >= 11 is 0. The van der Waals surface area contributed by atoms with Gasteiger partial charge in [0.15, 0.2) is 11.5 Å². The van der Waals surface area contributed by atoms with E-state index >= 15 is 0 Å². The molecule has 4 aromatic rings. The lowest BCUT2D eigenvalue weighted by Crippen LogP contribution is -2.14. The Bertz CT molecular complexity index is 1580. The molecule has 0 radical (unpaired) electrons. The molecule has 0 atom stereocenters. The van der Waals surface area contributed by atoms with Gasteiger partial charge in [0.25, 0.3) is 11.6 Å². The molecule has 1 N–H and O–H groups in total. The first kappa shape index (κ1) is 25.7. The fraction of sp³-hybridized carbons (Fsp3) is 0.103. The van der Waals surface area contributed by atoms with E-state index in [0.717, 1.165) is 22.4 Å². The Labute approximate surface area is 218 Å². The molecule has 0 saturated carbocycles. The number of nitro groups is 1. The van der Waals surface area contributed by atoms with E-state index < -0.39 is 10.8 Å². The highest BCUT2D eigenvalue weighted by molar-refractivity contribution is 6.10. The number of amides is 1. The summed E-state index contributed by atoms with van der Waals surface area (Å²) in [6, 6.07) is 24.7. The summed E-state index contributed by atoms with van der Waals surface area (Å²) in [7, 11) is 2.87. The third kappa shape index (κ3) is 5.55. The summed E-state index contributed by atoms with van der Waals surface area (Å²) in [5.74, 6) is 0.226. The van der Waals surface area contributed by atoms with Crippen molar-refractivity contribution in [3.63, 3.8) is 0 Å². The Morgan fingerprint density at radius 1 is 1.00 bits per heavy atom. The first-order chi connectivity index (χ1) is 18.4. The predicted octanol–water partition coefficient (Wildman–Crippen LogP) is 5.89. The first-order valence-corrected chi connectivity index (χ1v) is 11.5. The Morgan fingerprint density at radius 2 is 1.74 bits per heavy atom. The van der Waals surface area contributed by atoms with E-state index in [1.54, 1.807) is 18.2 Å². The van der Waals surface area contributed by atoms with Crippen LogP contribution in [0.2, 0.25) is 0 Å². The highest BCUT2D eigenvalue weighted by Gasteiger charge is 2.18. The molecule has 0 heterocycles. The van der Waals surface area contributed by atoms with Crippen molar-refractivity contribution in [2.75, 3.05) is 19.5 Å². The average Bonchev–Trinajstić information content (AvgIpc) is 2.94. The molecule has 1 amide bonds. The van der Waals surface area contributed by atoms with Gasteiger partial charge in [-0.3, -0.25) is 14.9 Å². The van der Waals surface area contributed by atoms with Crippen LogP contribution >= 0.6 is 0 Å². The number of nitrogens with zero attached hydrogens (tertiary/aromatic N) is 2. The number of nitrogens with one attached hydrogen (secondary N) is 1. The Morgan fingerprint density at radius 3 is 2.47 bits per heavy atom. The van der Waals surface area contributed by atoms with Gasteiger partial charge in [-0.2, -0.15) is 5.26 Å². The van der Waals surface area contributed by atoms with Crippen molar-refractivity contribution >= 4 is 34.1 Å².